The van der Waals surface area contributed by atoms with E-state index in [1.165, 1.54) is 13.2 Å². The van der Waals surface area contributed by atoms with E-state index < -0.39 is 36.4 Å². The van der Waals surface area contributed by atoms with Crippen LogP contribution in [0.1, 0.15) is 5.56 Å². The normalized spacial score (nSPS) is 12.3. The van der Waals surface area contributed by atoms with Crippen LogP contribution in [0.25, 0.3) is 6.08 Å². The molecule has 0 aliphatic rings. The second-order valence-corrected chi connectivity index (χ2v) is 9.03. The van der Waals surface area contributed by atoms with Crippen molar-refractivity contribution in [1.82, 2.24) is 0 Å². The van der Waals surface area contributed by atoms with E-state index in [4.69, 9.17) is 9.88 Å². The van der Waals surface area contributed by atoms with Crippen molar-refractivity contribution in [2.45, 2.75) is 4.90 Å². The Labute approximate surface area is 158 Å². The van der Waals surface area contributed by atoms with Gasteiger partial charge in [0.2, 0.25) is 10.0 Å². The Balaban J connectivity index is 2.39. The summed E-state index contributed by atoms with van der Waals surface area (Å²) < 4.78 is 68.8. The molecule has 0 spiro atoms. The monoisotopic (exact) mass is 464 g/mol. The zero-order valence-corrected chi connectivity index (χ0v) is 16.5. The molecule has 0 fully saturated rings. The number of anilines is 1. The highest BCUT2D eigenvalue weighted by Gasteiger charge is 2.18. The van der Waals surface area contributed by atoms with Crippen molar-refractivity contribution in [3.8, 4) is 5.75 Å². The molecule has 0 heterocycles. The van der Waals surface area contributed by atoms with Gasteiger partial charge in [-0.25, -0.2) is 26.4 Å². The number of rotatable bonds is 6. The molecule has 140 valence electrons. The zero-order chi connectivity index (χ0) is 19.5. The summed E-state index contributed by atoms with van der Waals surface area (Å²) in [6, 6.07) is 7.44. The van der Waals surface area contributed by atoms with Gasteiger partial charge in [0.1, 0.15) is 16.5 Å². The molecule has 0 unspecified atom stereocenters. The van der Waals surface area contributed by atoms with Gasteiger partial charge in [-0.2, -0.15) is 0 Å². The number of primary sulfonamides is 1. The summed E-state index contributed by atoms with van der Waals surface area (Å²) >= 11 is 3.26. The number of nitrogens with two attached hydrogens (primary N) is 1. The fraction of sp³-hybridized carbons (Fsp3) is 0.0667. The van der Waals surface area contributed by atoms with Crippen molar-refractivity contribution in [1.29, 1.82) is 0 Å². The molecule has 2 aromatic rings. The number of methoxy groups -OCH3 is 1. The number of sulfonamides is 2. The Hall–Kier alpha value is -1.95. The van der Waals surface area contributed by atoms with E-state index >= 15 is 0 Å². The molecule has 26 heavy (non-hydrogen) atoms. The van der Waals surface area contributed by atoms with Gasteiger partial charge in [0.15, 0.2) is 0 Å². The van der Waals surface area contributed by atoms with Gasteiger partial charge in [-0.15, -0.1) is 0 Å². The van der Waals surface area contributed by atoms with Crippen LogP contribution in [0, 0.1) is 5.82 Å². The Morgan fingerprint density at radius 1 is 1.15 bits per heavy atom. The molecule has 0 saturated carbocycles. The van der Waals surface area contributed by atoms with E-state index in [2.05, 4.69) is 15.9 Å². The van der Waals surface area contributed by atoms with Crippen LogP contribution in [0.3, 0.4) is 0 Å². The predicted molar refractivity (Wildman–Crippen MR) is 100 cm³/mol. The van der Waals surface area contributed by atoms with Gasteiger partial charge in [-0.3, -0.25) is 4.72 Å². The molecule has 0 radical (unpaired) electrons. The van der Waals surface area contributed by atoms with Crippen LogP contribution in [0.5, 0.6) is 5.75 Å². The first-order valence-corrected chi connectivity index (χ1v) is 10.8. The summed E-state index contributed by atoms with van der Waals surface area (Å²) in [4.78, 5) is -0.545. The lowest BCUT2D eigenvalue weighted by Gasteiger charge is -2.10. The van der Waals surface area contributed by atoms with Gasteiger partial charge in [-0.05, 0) is 42.5 Å². The van der Waals surface area contributed by atoms with E-state index in [-0.39, 0.29) is 0 Å². The molecule has 0 aliphatic carbocycles. The van der Waals surface area contributed by atoms with E-state index in [9.17, 15) is 21.2 Å². The Kier molecular flexibility index (Phi) is 6.06. The van der Waals surface area contributed by atoms with Crippen LogP contribution in [-0.2, 0) is 20.0 Å². The van der Waals surface area contributed by atoms with Crippen LogP contribution < -0.4 is 14.6 Å². The number of nitrogens with one attached hydrogen (secondary N) is 1. The standard InChI is InChI=1S/C15H14BrFN2O5S2/c1-24-14-4-2-11(16)8-10(14)6-7-25(20,21)19-13-9-12(17)3-5-15(13)26(18,22)23/h2-9,19H,1H3,(H2,18,22,23)/b7-6+. The fourth-order valence-corrected chi connectivity index (χ4v) is 4.00. The number of ether oxygens (including phenoxy) is 1. The molecule has 0 aromatic heterocycles. The third-order valence-electron chi connectivity index (χ3n) is 3.12. The highest BCUT2D eigenvalue weighted by Crippen LogP contribution is 2.26. The van der Waals surface area contributed by atoms with Crippen LogP contribution >= 0.6 is 15.9 Å². The molecule has 2 aromatic carbocycles. The van der Waals surface area contributed by atoms with Crippen molar-refractivity contribution in [2.24, 2.45) is 5.14 Å². The quantitative estimate of drug-likeness (QED) is 0.681. The smallest absolute Gasteiger partial charge is 0.255 e. The molecule has 3 N–H and O–H groups in total. The number of benzene rings is 2. The maximum Gasteiger partial charge on any atom is 0.255 e. The highest BCUT2D eigenvalue weighted by molar-refractivity contribution is 9.10. The maximum atomic E-state index is 13.4. The molecular formula is C15H14BrFN2O5S2. The van der Waals surface area contributed by atoms with Gasteiger partial charge < -0.3 is 4.74 Å². The second kappa shape index (κ2) is 7.74. The van der Waals surface area contributed by atoms with Crippen molar-refractivity contribution >= 4 is 47.7 Å². The van der Waals surface area contributed by atoms with Gasteiger partial charge in [0.05, 0.1) is 18.2 Å². The first-order chi connectivity index (χ1) is 12.0. The zero-order valence-electron chi connectivity index (χ0n) is 13.3. The Morgan fingerprint density at radius 3 is 2.46 bits per heavy atom. The molecule has 2 rings (SSSR count). The second-order valence-electron chi connectivity index (χ2n) is 5.02. The van der Waals surface area contributed by atoms with Crippen LogP contribution in [0.4, 0.5) is 10.1 Å². The van der Waals surface area contributed by atoms with Crippen LogP contribution in [0.2, 0.25) is 0 Å². The summed E-state index contributed by atoms with van der Waals surface area (Å²) in [5, 5.41) is 5.82. The first kappa shape index (κ1) is 20.4. The molecule has 0 amide bonds. The van der Waals surface area contributed by atoms with Crippen molar-refractivity contribution < 1.29 is 26.0 Å². The summed E-state index contributed by atoms with van der Waals surface area (Å²) in [5.41, 5.74) is -0.0310. The number of halogens is 2. The van der Waals surface area contributed by atoms with Gasteiger partial charge >= 0.3 is 0 Å². The van der Waals surface area contributed by atoms with Gasteiger partial charge in [-0.1, -0.05) is 15.9 Å². The summed E-state index contributed by atoms with van der Waals surface area (Å²) in [6.45, 7) is 0. The lowest BCUT2D eigenvalue weighted by atomic mass is 10.2. The molecule has 0 saturated heterocycles. The topological polar surface area (TPSA) is 116 Å². The minimum atomic E-state index is -4.25. The SMILES string of the molecule is COc1ccc(Br)cc1/C=C/S(=O)(=O)Nc1cc(F)ccc1S(N)(=O)=O. The average molecular weight is 465 g/mol. The minimum Gasteiger partial charge on any atom is -0.496 e. The summed E-state index contributed by atoms with van der Waals surface area (Å²) in [6.07, 6.45) is 1.25. The van der Waals surface area contributed by atoms with E-state index in [1.807, 2.05) is 4.72 Å². The lowest BCUT2D eigenvalue weighted by molar-refractivity contribution is 0.414. The van der Waals surface area contributed by atoms with E-state index in [1.54, 1.807) is 18.2 Å². The predicted octanol–water partition coefficient (Wildman–Crippen LogP) is 2.66. The van der Waals surface area contributed by atoms with E-state index in [0.717, 1.165) is 23.6 Å². The van der Waals surface area contributed by atoms with Crippen LogP contribution in [0.15, 0.2) is 51.2 Å². The summed E-state index contributed by atoms with van der Waals surface area (Å²) in [7, 11) is -6.98. The molecule has 0 bridgehead atoms. The Bertz CT molecular complexity index is 1070. The third-order valence-corrected chi connectivity index (χ3v) is 5.58. The van der Waals surface area contributed by atoms with Gasteiger partial charge in [0.25, 0.3) is 10.0 Å². The first-order valence-electron chi connectivity index (χ1n) is 6.88. The number of hydrogen-bond donors (Lipinski definition) is 2. The van der Waals surface area contributed by atoms with Crippen LogP contribution in [-0.4, -0.2) is 23.9 Å². The molecule has 0 atom stereocenters. The minimum absolute atomic E-state index is 0.427. The third kappa shape index (κ3) is 5.27. The van der Waals surface area contributed by atoms with Crippen molar-refractivity contribution in [2.75, 3.05) is 11.8 Å². The van der Waals surface area contributed by atoms with Crippen molar-refractivity contribution in [3.05, 3.63) is 57.7 Å². The summed E-state index contributed by atoms with van der Waals surface area (Å²) in [5.74, 6) is -0.400. The average Bonchev–Trinajstić information content (AvgIpc) is 2.51. The highest BCUT2D eigenvalue weighted by atomic mass is 79.9. The molecule has 11 heteroatoms. The number of hydrogen-bond acceptors (Lipinski definition) is 5. The largest absolute Gasteiger partial charge is 0.496 e. The van der Waals surface area contributed by atoms with Gasteiger partial charge in [0, 0.05) is 10.0 Å². The lowest BCUT2D eigenvalue weighted by Crippen LogP contribution is -2.17. The van der Waals surface area contributed by atoms with Crippen molar-refractivity contribution in [3.63, 3.8) is 0 Å². The maximum absolute atomic E-state index is 13.4. The molecule has 0 aliphatic heterocycles. The molecular weight excluding hydrogens is 451 g/mol. The molecule has 7 nitrogen and oxygen atoms in total. The Morgan fingerprint density at radius 2 is 1.85 bits per heavy atom. The van der Waals surface area contributed by atoms with E-state index in [0.29, 0.717) is 15.8 Å². The fourth-order valence-electron chi connectivity index (χ4n) is 2.02.